The molecule has 2 amide bonds. The van der Waals surface area contributed by atoms with Crippen LogP contribution in [-0.4, -0.2) is 42.3 Å². The highest BCUT2D eigenvalue weighted by molar-refractivity contribution is 5.73. The van der Waals surface area contributed by atoms with Crippen LogP contribution in [-0.2, 0) is 6.54 Å². The quantitative estimate of drug-likeness (QED) is 0.811. The van der Waals surface area contributed by atoms with Crippen molar-refractivity contribution in [1.29, 1.82) is 0 Å². The lowest BCUT2D eigenvalue weighted by atomic mass is 10.1. The van der Waals surface area contributed by atoms with Crippen molar-refractivity contribution in [3.63, 3.8) is 0 Å². The maximum absolute atomic E-state index is 12.0. The number of aliphatic hydroxyl groups is 1. The number of aliphatic hydroxyl groups excluding tert-OH is 1. The first kappa shape index (κ1) is 17.3. The molecule has 0 saturated carbocycles. The van der Waals surface area contributed by atoms with E-state index >= 15 is 0 Å². The van der Waals surface area contributed by atoms with Crippen molar-refractivity contribution in [3.05, 3.63) is 29.3 Å². The van der Waals surface area contributed by atoms with Gasteiger partial charge in [0.2, 0.25) is 0 Å². The van der Waals surface area contributed by atoms with E-state index in [0.717, 1.165) is 16.9 Å². The first-order valence-corrected chi connectivity index (χ1v) is 7.33. The summed E-state index contributed by atoms with van der Waals surface area (Å²) in [6, 6.07) is 5.79. The average molecular weight is 294 g/mol. The van der Waals surface area contributed by atoms with Crippen LogP contribution in [0.5, 0.6) is 5.75 Å². The van der Waals surface area contributed by atoms with Gasteiger partial charge in [-0.05, 0) is 38.8 Å². The van der Waals surface area contributed by atoms with E-state index in [1.165, 1.54) is 0 Å². The van der Waals surface area contributed by atoms with Crippen LogP contribution in [0.15, 0.2) is 18.2 Å². The fourth-order valence-electron chi connectivity index (χ4n) is 1.89. The molecule has 1 aromatic carbocycles. The Morgan fingerprint density at radius 1 is 1.48 bits per heavy atom. The zero-order valence-corrected chi connectivity index (χ0v) is 13.3. The van der Waals surface area contributed by atoms with Crippen LogP contribution in [0, 0.1) is 6.92 Å². The van der Waals surface area contributed by atoms with E-state index in [1.807, 2.05) is 32.0 Å². The fraction of sp³-hybridized carbons (Fsp3) is 0.562. The fourth-order valence-corrected chi connectivity index (χ4v) is 1.89. The van der Waals surface area contributed by atoms with E-state index in [4.69, 9.17) is 4.74 Å². The standard InChI is InChI=1S/C16H26N2O3/c1-5-21-15-10-12(2)6-7-14(15)11-17-16(20)18(4)9-8-13(3)19/h6-7,10,13,19H,5,8-9,11H2,1-4H3,(H,17,20). The van der Waals surface area contributed by atoms with Gasteiger partial charge >= 0.3 is 6.03 Å². The summed E-state index contributed by atoms with van der Waals surface area (Å²) in [7, 11) is 1.72. The minimum atomic E-state index is -0.401. The Morgan fingerprint density at radius 3 is 2.81 bits per heavy atom. The van der Waals surface area contributed by atoms with Crippen molar-refractivity contribution >= 4 is 6.03 Å². The molecule has 5 nitrogen and oxygen atoms in total. The Labute approximate surface area is 126 Å². The number of nitrogens with zero attached hydrogens (tertiary/aromatic N) is 1. The Kier molecular flexibility index (Phi) is 7.02. The molecule has 1 aromatic rings. The van der Waals surface area contributed by atoms with Crippen molar-refractivity contribution in [2.75, 3.05) is 20.2 Å². The topological polar surface area (TPSA) is 61.8 Å². The van der Waals surface area contributed by atoms with Gasteiger partial charge in [-0.1, -0.05) is 12.1 Å². The van der Waals surface area contributed by atoms with Gasteiger partial charge in [0.1, 0.15) is 5.75 Å². The van der Waals surface area contributed by atoms with Crippen LogP contribution >= 0.6 is 0 Å². The molecule has 1 rings (SSSR count). The third-order valence-electron chi connectivity index (χ3n) is 3.18. The summed E-state index contributed by atoms with van der Waals surface area (Å²) in [6.45, 7) is 7.21. The molecular formula is C16H26N2O3. The third-order valence-corrected chi connectivity index (χ3v) is 3.18. The Bertz CT molecular complexity index is 461. The molecule has 0 aromatic heterocycles. The molecule has 0 fully saturated rings. The van der Waals surface area contributed by atoms with Crippen molar-refractivity contribution in [3.8, 4) is 5.75 Å². The van der Waals surface area contributed by atoms with Gasteiger partial charge in [0.25, 0.3) is 0 Å². The molecule has 0 aliphatic rings. The maximum Gasteiger partial charge on any atom is 0.317 e. The smallest absolute Gasteiger partial charge is 0.317 e. The molecular weight excluding hydrogens is 268 g/mol. The zero-order valence-electron chi connectivity index (χ0n) is 13.3. The lowest BCUT2D eigenvalue weighted by Gasteiger charge is -2.19. The lowest BCUT2D eigenvalue weighted by molar-refractivity contribution is 0.163. The molecule has 1 atom stereocenters. The Balaban J connectivity index is 2.56. The molecule has 0 spiro atoms. The van der Waals surface area contributed by atoms with Crippen LogP contribution in [0.1, 0.15) is 31.4 Å². The number of urea groups is 1. The van der Waals surface area contributed by atoms with Crippen molar-refractivity contribution in [1.82, 2.24) is 10.2 Å². The zero-order chi connectivity index (χ0) is 15.8. The number of hydrogen-bond donors (Lipinski definition) is 2. The van der Waals surface area contributed by atoms with Gasteiger partial charge in [-0.15, -0.1) is 0 Å². The normalized spacial score (nSPS) is 11.9. The second-order valence-corrected chi connectivity index (χ2v) is 5.26. The second kappa shape index (κ2) is 8.52. The van der Waals surface area contributed by atoms with Crippen molar-refractivity contribution in [2.24, 2.45) is 0 Å². The summed E-state index contributed by atoms with van der Waals surface area (Å²) >= 11 is 0. The molecule has 21 heavy (non-hydrogen) atoms. The highest BCUT2D eigenvalue weighted by atomic mass is 16.5. The van der Waals surface area contributed by atoms with Gasteiger partial charge in [-0.3, -0.25) is 0 Å². The molecule has 0 aliphatic carbocycles. The van der Waals surface area contributed by atoms with Crippen LogP contribution in [0.2, 0.25) is 0 Å². The van der Waals surface area contributed by atoms with Gasteiger partial charge < -0.3 is 20.1 Å². The second-order valence-electron chi connectivity index (χ2n) is 5.26. The monoisotopic (exact) mass is 294 g/mol. The SMILES string of the molecule is CCOc1cc(C)ccc1CNC(=O)N(C)CCC(C)O. The Hall–Kier alpha value is -1.75. The molecule has 1 unspecified atom stereocenters. The van der Waals surface area contributed by atoms with Crippen molar-refractivity contribution in [2.45, 2.75) is 39.8 Å². The molecule has 2 N–H and O–H groups in total. The summed E-state index contributed by atoms with van der Waals surface area (Å²) < 4.78 is 5.59. The minimum absolute atomic E-state index is 0.154. The van der Waals surface area contributed by atoms with E-state index in [0.29, 0.717) is 26.1 Å². The van der Waals surface area contributed by atoms with Crippen LogP contribution in [0.4, 0.5) is 4.79 Å². The number of hydrogen-bond acceptors (Lipinski definition) is 3. The number of rotatable bonds is 7. The van der Waals surface area contributed by atoms with E-state index in [1.54, 1.807) is 18.9 Å². The molecule has 5 heteroatoms. The van der Waals surface area contributed by atoms with Crippen LogP contribution in [0.25, 0.3) is 0 Å². The van der Waals surface area contributed by atoms with Gasteiger partial charge in [0.05, 0.1) is 12.7 Å². The summed E-state index contributed by atoms with van der Waals surface area (Å²) in [5.74, 6) is 0.810. The lowest BCUT2D eigenvalue weighted by Crippen LogP contribution is -2.38. The third kappa shape index (κ3) is 6.04. The van der Waals surface area contributed by atoms with E-state index < -0.39 is 6.10 Å². The van der Waals surface area contributed by atoms with E-state index in [9.17, 15) is 9.90 Å². The number of amides is 2. The summed E-state index contributed by atoms with van der Waals surface area (Å²) in [6.07, 6.45) is 0.167. The first-order chi connectivity index (χ1) is 9.93. The minimum Gasteiger partial charge on any atom is -0.494 e. The first-order valence-electron chi connectivity index (χ1n) is 7.33. The van der Waals surface area contributed by atoms with Gasteiger partial charge in [0.15, 0.2) is 0 Å². The predicted octanol–water partition coefficient (Wildman–Crippen LogP) is 2.31. The van der Waals surface area contributed by atoms with Gasteiger partial charge in [-0.2, -0.15) is 0 Å². The summed E-state index contributed by atoms with van der Waals surface area (Å²) in [5.41, 5.74) is 2.09. The molecule has 118 valence electrons. The van der Waals surface area contributed by atoms with Crippen molar-refractivity contribution < 1.29 is 14.6 Å². The molecule has 0 heterocycles. The predicted molar refractivity (Wildman–Crippen MR) is 83.5 cm³/mol. The van der Waals surface area contributed by atoms with Crippen LogP contribution in [0.3, 0.4) is 0 Å². The molecule has 0 saturated heterocycles. The largest absolute Gasteiger partial charge is 0.494 e. The molecule has 0 aliphatic heterocycles. The van der Waals surface area contributed by atoms with E-state index in [-0.39, 0.29) is 6.03 Å². The molecule has 0 bridgehead atoms. The highest BCUT2D eigenvalue weighted by Gasteiger charge is 2.10. The summed E-state index contributed by atoms with van der Waals surface area (Å²) in [4.78, 5) is 13.5. The van der Waals surface area contributed by atoms with E-state index in [2.05, 4.69) is 5.32 Å². The average Bonchev–Trinajstić information content (AvgIpc) is 2.43. The maximum atomic E-state index is 12.0. The van der Waals surface area contributed by atoms with Gasteiger partial charge in [0, 0.05) is 25.7 Å². The number of aryl methyl sites for hydroxylation is 1. The number of ether oxygens (including phenoxy) is 1. The number of nitrogens with one attached hydrogen (secondary N) is 1. The summed E-state index contributed by atoms with van der Waals surface area (Å²) in [5, 5.41) is 12.1. The highest BCUT2D eigenvalue weighted by Crippen LogP contribution is 2.20. The number of carbonyl (C=O) groups is 1. The number of benzene rings is 1. The number of carbonyl (C=O) groups excluding carboxylic acids is 1. The Morgan fingerprint density at radius 2 is 2.19 bits per heavy atom. The molecule has 0 radical (unpaired) electrons. The van der Waals surface area contributed by atoms with Crippen LogP contribution < -0.4 is 10.1 Å². The van der Waals surface area contributed by atoms with Gasteiger partial charge in [-0.25, -0.2) is 4.79 Å².